The number of amides is 1. The highest BCUT2D eigenvalue weighted by atomic mass is 16.2. The quantitative estimate of drug-likeness (QED) is 0.587. The molecule has 2 aliphatic rings. The van der Waals surface area contributed by atoms with Crippen LogP contribution < -0.4 is 10.6 Å². The minimum atomic E-state index is 0.121. The molecule has 2 rings (SSSR count). The minimum Gasteiger partial charge on any atom is -0.340 e. The number of nitrogens with zero attached hydrogens (tertiary/aromatic N) is 1. The lowest BCUT2D eigenvalue weighted by Gasteiger charge is -2.30. The predicted octanol–water partition coefficient (Wildman–Crippen LogP) is -0.831. The minimum absolute atomic E-state index is 0.121. The highest BCUT2D eigenvalue weighted by molar-refractivity contribution is 5.83. The summed E-state index contributed by atoms with van der Waals surface area (Å²) in [5, 5.41) is 6.35. The Bertz CT molecular complexity index is 203. The highest BCUT2D eigenvalue weighted by Gasteiger charge is 2.32. The number of rotatable bonds is 2. The van der Waals surface area contributed by atoms with Crippen molar-refractivity contribution in [2.75, 3.05) is 26.7 Å². The van der Waals surface area contributed by atoms with Crippen LogP contribution in [0, 0.1) is 0 Å². The molecular weight excluding hydrogens is 166 g/mol. The number of likely N-dealkylation sites (tertiary alicyclic amines) is 1. The van der Waals surface area contributed by atoms with Crippen molar-refractivity contribution < 1.29 is 4.79 Å². The second-order valence-corrected chi connectivity index (χ2v) is 3.85. The molecule has 2 saturated heterocycles. The standard InChI is InChI=1S/C9H17N3O/c1-10-7-3-5-12(6-7)9(13)8-2-4-11-8/h7-8,10-11H,2-6H2,1H3/t7?,8-/m1/s1. The summed E-state index contributed by atoms with van der Waals surface area (Å²) < 4.78 is 0. The van der Waals surface area contributed by atoms with Crippen molar-refractivity contribution in [1.82, 2.24) is 15.5 Å². The summed E-state index contributed by atoms with van der Waals surface area (Å²) >= 11 is 0. The first-order valence-electron chi connectivity index (χ1n) is 5.00. The van der Waals surface area contributed by atoms with Crippen LogP contribution >= 0.6 is 0 Å². The number of likely N-dealkylation sites (N-methyl/N-ethyl adjacent to an activating group) is 1. The first kappa shape index (κ1) is 8.97. The van der Waals surface area contributed by atoms with Gasteiger partial charge in [-0.15, -0.1) is 0 Å². The lowest BCUT2D eigenvalue weighted by Crippen LogP contribution is -2.54. The van der Waals surface area contributed by atoms with Crippen molar-refractivity contribution in [2.45, 2.75) is 24.9 Å². The smallest absolute Gasteiger partial charge is 0.239 e. The fourth-order valence-corrected chi connectivity index (χ4v) is 1.92. The van der Waals surface area contributed by atoms with Gasteiger partial charge < -0.3 is 15.5 Å². The van der Waals surface area contributed by atoms with Crippen molar-refractivity contribution in [3.05, 3.63) is 0 Å². The van der Waals surface area contributed by atoms with Crippen LogP contribution in [0.2, 0.25) is 0 Å². The van der Waals surface area contributed by atoms with Gasteiger partial charge >= 0.3 is 0 Å². The van der Waals surface area contributed by atoms with Crippen molar-refractivity contribution in [3.8, 4) is 0 Å². The summed E-state index contributed by atoms with van der Waals surface area (Å²) in [6, 6.07) is 0.625. The first-order valence-corrected chi connectivity index (χ1v) is 5.00. The summed E-state index contributed by atoms with van der Waals surface area (Å²) in [4.78, 5) is 13.7. The van der Waals surface area contributed by atoms with Crippen LogP contribution in [0.25, 0.3) is 0 Å². The third kappa shape index (κ3) is 1.69. The van der Waals surface area contributed by atoms with Gasteiger partial charge in [-0.2, -0.15) is 0 Å². The first-order chi connectivity index (χ1) is 6.31. The zero-order valence-electron chi connectivity index (χ0n) is 8.05. The van der Waals surface area contributed by atoms with E-state index in [1.165, 1.54) is 0 Å². The molecule has 0 aliphatic carbocycles. The largest absolute Gasteiger partial charge is 0.340 e. The van der Waals surface area contributed by atoms with Crippen LogP contribution in [-0.2, 0) is 4.79 Å². The molecule has 2 fully saturated rings. The number of hydrogen-bond acceptors (Lipinski definition) is 3. The second-order valence-electron chi connectivity index (χ2n) is 3.85. The van der Waals surface area contributed by atoms with Crippen LogP contribution in [0.4, 0.5) is 0 Å². The molecule has 0 spiro atoms. The molecule has 1 unspecified atom stereocenters. The fraction of sp³-hybridized carbons (Fsp3) is 0.889. The number of carbonyl (C=O) groups is 1. The molecule has 13 heavy (non-hydrogen) atoms. The molecule has 2 N–H and O–H groups in total. The van der Waals surface area contributed by atoms with E-state index in [0.29, 0.717) is 11.9 Å². The van der Waals surface area contributed by atoms with Gasteiger partial charge in [0.15, 0.2) is 0 Å². The molecule has 0 bridgehead atoms. The molecular formula is C9H17N3O. The van der Waals surface area contributed by atoms with Crippen molar-refractivity contribution in [3.63, 3.8) is 0 Å². The average Bonchev–Trinajstić information content (AvgIpc) is 2.48. The van der Waals surface area contributed by atoms with E-state index in [4.69, 9.17) is 0 Å². The maximum Gasteiger partial charge on any atom is 0.239 e. The maximum absolute atomic E-state index is 11.7. The summed E-state index contributed by atoms with van der Waals surface area (Å²) in [6.07, 6.45) is 2.11. The van der Waals surface area contributed by atoms with Crippen LogP contribution in [0.5, 0.6) is 0 Å². The zero-order valence-corrected chi connectivity index (χ0v) is 8.05. The number of nitrogens with one attached hydrogen (secondary N) is 2. The van der Waals surface area contributed by atoms with Gasteiger partial charge in [-0.3, -0.25) is 4.79 Å². The third-order valence-corrected chi connectivity index (χ3v) is 3.03. The second kappa shape index (κ2) is 3.64. The van der Waals surface area contributed by atoms with Gasteiger partial charge in [-0.1, -0.05) is 0 Å². The van der Waals surface area contributed by atoms with E-state index in [-0.39, 0.29) is 6.04 Å². The Morgan fingerprint density at radius 2 is 2.31 bits per heavy atom. The lowest BCUT2D eigenvalue weighted by molar-refractivity contribution is -0.134. The van der Waals surface area contributed by atoms with E-state index in [0.717, 1.165) is 32.5 Å². The molecule has 4 nitrogen and oxygen atoms in total. The number of carbonyl (C=O) groups excluding carboxylic acids is 1. The van der Waals surface area contributed by atoms with Crippen LogP contribution in [-0.4, -0.2) is 49.6 Å². The summed E-state index contributed by atoms with van der Waals surface area (Å²) in [5.41, 5.74) is 0. The molecule has 2 aliphatic heterocycles. The highest BCUT2D eigenvalue weighted by Crippen LogP contribution is 2.13. The Morgan fingerprint density at radius 1 is 1.54 bits per heavy atom. The SMILES string of the molecule is CNC1CCN(C(=O)[C@H]2CCN2)C1. The van der Waals surface area contributed by atoms with Crippen LogP contribution in [0.1, 0.15) is 12.8 Å². The number of hydrogen-bond donors (Lipinski definition) is 2. The summed E-state index contributed by atoms with van der Waals surface area (Å²) in [7, 11) is 1.96. The Balaban J connectivity index is 1.84. The monoisotopic (exact) mass is 183 g/mol. The normalized spacial score (nSPS) is 33.2. The van der Waals surface area contributed by atoms with Crippen LogP contribution in [0.15, 0.2) is 0 Å². The molecule has 0 radical (unpaired) electrons. The van der Waals surface area contributed by atoms with Crippen LogP contribution in [0.3, 0.4) is 0 Å². The van der Waals surface area contributed by atoms with Gasteiger partial charge in [0.1, 0.15) is 0 Å². The van der Waals surface area contributed by atoms with Crippen molar-refractivity contribution in [2.24, 2.45) is 0 Å². The Labute approximate surface area is 78.7 Å². The molecule has 0 saturated carbocycles. The van der Waals surface area contributed by atoms with E-state index >= 15 is 0 Å². The van der Waals surface area contributed by atoms with E-state index in [1.54, 1.807) is 0 Å². The van der Waals surface area contributed by atoms with Gasteiger partial charge in [-0.25, -0.2) is 0 Å². The molecule has 74 valence electrons. The topological polar surface area (TPSA) is 44.4 Å². The fourth-order valence-electron chi connectivity index (χ4n) is 1.92. The van der Waals surface area contributed by atoms with Gasteiger partial charge in [-0.05, 0) is 26.4 Å². The predicted molar refractivity (Wildman–Crippen MR) is 50.5 cm³/mol. The van der Waals surface area contributed by atoms with Gasteiger partial charge in [0.05, 0.1) is 6.04 Å². The van der Waals surface area contributed by atoms with Gasteiger partial charge in [0, 0.05) is 19.1 Å². The zero-order chi connectivity index (χ0) is 9.26. The molecule has 0 aromatic rings. The third-order valence-electron chi connectivity index (χ3n) is 3.03. The van der Waals surface area contributed by atoms with Crippen molar-refractivity contribution >= 4 is 5.91 Å². The maximum atomic E-state index is 11.7. The van der Waals surface area contributed by atoms with E-state index < -0.39 is 0 Å². The van der Waals surface area contributed by atoms with E-state index in [9.17, 15) is 4.79 Å². The lowest BCUT2D eigenvalue weighted by atomic mass is 10.1. The molecule has 0 aromatic heterocycles. The van der Waals surface area contributed by atoms with Gasteiger partial charge in [0.25, 0.3) is 0 Å². The van der Waals surface area contributed by atoms with E-state index in [2.05, 4.69) is 10.6 Å². The molecule has 1 amide bonds. The van der Waals surface area contributed by atoms with E-state index in [1.807, 2.05) is 11.9 Å². The Hall–Kier alpha value is -0.610. The molecule has 4 heteroatoms. The Kier molecular flexibility index (Phi) is 2.51. The van der Waals surface area contributed by atoms with Gasteiger partial charge in [0.2, 0.25) is 5.91 Å². The average molecular weight is 183 g/mol. The molecule has 0 aromatic carbocycles. The molecule has 2 atom stereocenters. The summed E-state index contributed by atoms with van der Waals surface area (Å²) in [5.74, 6) is 0.295. The molecule has 2 heterocycles. The summed E-state index contributed by atoms with van der Waals surface area (Å²) in [6.45, 7) is 2.80. The Morgan fingerprint density at radius 3 is 2.77 bits per heavy atom. The van der Waals surface area contributed by atoms with Crippen molar-refractivity contribution in [1.29, 1.82) is 0 Å².